The number of carboxylic acid groups (broad SMARTS) is 1. The smallest absolute Gasteiger partial charge is 0.335 e. The molecule has 1 heterocycles. The molecule has 0 saturated heterocycles. The molecular formula is C30H34ClN3O7S. The summed E-state index contributed by atoms with van der Waals surface area (Å²) in [5.41, 5.74) is 1.51. The van der Waals surface area contributed by atoms with Crippen molar-refractivity contribution in [3.63, 3.8) is 0 Å². The summed E-state index contributed by atoms with van der Waals surface area (Å²) in [7, 11) is -2.03. The number of sulfonamides is 1. The second kappa shape index (κ2) is 13.1. The molecule has 1 amide bonds. The van der Waals surface area contributed by atoms with Crippen molar-refractivity contribution in [3.05, 3.63) is 88.4 Å². The minimum atomic E-state index is -3.95. The summed E-state index contributed by atoms with van der Waals surface area (Å²) in [5.74, 6) is -1.17. The number of carboxylic acids is 1. The van der Waals surface area contributed by atoms with E-state index < -0.39 is 22.0 Å². The first-order valence-corrected chi connectivity index (χ1v) is 15.3. The van der Waals surface area contributed by atoms with Crippen LogP contribution in [-0.4, -0.2) is 79.2 Å². The Labute approximate surface area is 250 Å². The zero-order valence-corrected chi connectivity index (χ0v) is 25.1. The number of carbonyl (C=O) groups excluding carboxylic acids is 1. The van der Waals surface area contributed by atoms with Crippen LogP contribution in [-0.2, 0) is 16.6 Å². The minimum Gasteiger partial charge on any atom is -0.488 e. The third-order valence-electron chi connectivity index (χ3n) is 7.19. The van der Waals surface area contributed by atoms with E-state index in [1.54, 1.807) is 42.2 Å². The molecule has 1 aliphatic heterocycles. The summed E-state index contributed by atoms with van der Waals surface area (Å²) in [5, 5.41) is 19.5. The number of anilines is 1. The van der Waals surface area contributed by atoms with Crippen LogP contribution in [0, 0.1) is 5.92 Å². The Morgan fingerprint density at radius 3 is 2.43 bits per heavy atom. The molecule has 1 aliphatic rings. The monoisotopic (exact) mass is 615 g/mol. The number of aliphatic hydroxyl groups excluding tert-OH is 1. The number of ether oxygens (including phenoxy) is 1. The highest BCUT2D eigenvalue weighted by molar-refractivity contribution is 7.92. The maximum absolute atomic E-state index is 13.7. The number of nitrogens with zero attached hydrogens (tertiary/aromatic N) is 2. The molecule has 0 bridgehead atoms. The first-order valence-electron chi connectivity index (χ1n) is 13.4. The van der Waals surface area contributed by atoms with Crippen LogP contribution in [0.25, 0.3) is 0 Å². The molecule has 0 aromatic heterocycles. The lowest BCUT2D eigenvalue weighted by Gasteiger charge is -2.38. The lowest BCUT2D eigenvalue weighted by atomic mass is 9.99. The summed E-state index contributed by atoms with van der Waals surface area (Å²) in [4.78, 5) is 28.5. The largest absolute Gasteiger partial charge is 0.488 e. The van der Waals surface area contributed by atoms with Gasteiger partial charge >= 0.3 is 5.97 Å². The van der Waals surface area contributed by atoms with Crippen LogP contribution in [0.4, 0.5) is 5.69 Å². The lowest BCUT2D eigenvalue weighted by Crippen LogP contribution is -2.49. The highest BCUT2D eigenvalue weighted by atomic mass is 35.5. The minimum absolute atomic E-state index is 0.0197. The molecule has 4 rings (SSSR count). The molecule has 42 heavy (non-hydrogen) atoms. The van der Waals surface area contributed by atoms with Gasteiger partial charge in [0.25, 0.3) is 15.9 Å². The summed E-state index contributed by atoms with van der Waals surface area (Å²) < 4.78 is 34.9. The van der Waals surface area contributed by atoms with Gasteiger partial charge in [0.15, 0.2) is 0 Å². The van der Waals surface area contributed by atoms with Gasteiger partial charge in [-0.1, -0.05) is 30.7 Å². The fraction of sp³-hybridized carbons (Fsp3) is 0.333. The quantitative estimate of drug-likeness (QED) is 0.309. The van der Waals surface area contributed by atoms with Crippen molar-refractivity contribution in [3.8, 4) is 5.75 Å². The summed E-state index contributed by atoms with van der Waals surface area (Å²) >= 11 is 5.90. The van der Waals surface area contributed by atoms with Crippen molar-refractivity contribution in [2.45, 2.75) is 37.4 Å². The number of carbonyl (C=O) groups is 2. The molecule has 0 spiro atoms. The van der Waals surface area contributed by atoms with E-state index in [2.05, 4.69) is 9.62 Å². The van der Waals surface area contributed by atoms with E-state index >= 15 is 0 Å². The van der Waals surface area contributed by atoms with Crippen LogP contribution in [0.5, 0.6) is 5.75 Å². The van der Waals surface area contributed by atoms with E-state index in [1.807, 2.05) is 14.0 Å². The van der Waals surface area contributed by atoms with Crippen molar-refractivity contribution in [2.75, 3.05) is 31.5 Å². The van der Waals surface area contributed by atoms with E-state index in [0.717, 1.165) is 5.56 Å². The van der Waals surface area contributed by atoms with Gasteiger partial charge in [-0.15, -0.1) is 0 Å². The first-order chi connectivity index (χ1) is 19.9. The molecule has 0 aliphatic carbocycles. The Balaban J connectivity index is 1.60. The third kappa shape index (κ3) is 7.40. The average Bonchev–Trinajstić information content (AvgIpc) is 2.95. The predicted octanol–water partition coefficient (Wildman–Crippen LogP) is 4.19. The molecule has 0 unspecified atom stereocenters. The average molecular weight is 616 g/mol. The summed E-state index contributed by atoms with van der Waals surface area (Å²) in [6, 6.07) is 16.5. The van der Waals surface area contributed by atoms with Crippen molar-refractivity contribution < 1.29 is 33.0 Å². The van der Waals surface area contributed by atoms with Crippen molar-refractivity contribution in [1.82, 2.24) is 9.80 Å². The predicted molar refractivity (Wildman–Crippen MR) is 160 cm³/mol. The third-order valence-corrected chi connectivity index (χ3v) is 8.84. The van der Waals surface area contributed by atoms with Gasteiger partial charge in [0.2, 0.25) is 0 Å². The van der Waals surface area contributed by atoms with E-state index in [9.17, 15) is 23.1 Å². The number of amides is 1. The van der Waals surface area contributed by atoms with Crippen LogP contribution in [0.2, 0.25) is 5.02 Å². The SMILES string of the molecule is C[C@H]1CN([C@@H](C)CO)C(=O)c2cc(NS(=O)(=O)c3ccc(Cl)cc3)ccc2O[C@H]1CN(C)Cc1ccc(C(=O)O)cc1. The maximum atomic E-state index is 13.7. The number of benzene rings is 3. The van der Waals surface area contributed by atoms with Crippen molar-refractivity contribution in [2.24, 2.45) is 5.92 Å². The lowest BCUT2D eigenvalue weighted by molar-refractivity contribution is 0.0341. The molecule has 3 aromatic rings. The topological polar surface area (TPSA) is 136 Å². The van der Waals surface area contributed by atoms with Gasteiger partial charge in [-0.05, 0) is 74.1 Å². The van der Waals surface area contributed by atoms with Crippen LogP contribution in [0.3, 0.4) is 0 Å². The highest BCUT2D eigenvalue weighted by Crippen LogP contribution is 2.31. The van der Waals surface area contributed by atoms with Gasteiger partial charge in [0.05, 0.1) is 28.7 Å². The zero-order valence-electron chi connectivity index (χ0n) is 23.5. The zero-order chi connectivity index (χ0) is 30.6. The Bertz CT molecular complexity index is 1530. The Morgan fingerprint density at radius 1 is 1.14 bits per heavy atom. The molecule has 3 N–H and O–H groups in total. The second-order valence-corrected chi connectivity index (χ2v) is 12.7. The molecule has 0 fully saturated rings. The molecule has 12 heteroatoms. The summed E-state index contributed by atoms with van der Waals surface area (Å²) in [6.07, 6.45) is -0.356. The first kappa shape index (κ1) is 31.3. The number of aliphatic hydroxyl groups is 1. The molecule has 224 valence electrons. The number of aromatic carboxylic acids is 1. The summed E-state index contributed by atoms with van der Waals surface area (Å²) in [6.45, 7) is 4.83. The number of halogens is 1. The normalized spacial score (nSPS) is 18.0. The van der Waals surface area contributed by atoms with E-state index in [0.29, 0.717) is 30.4 Å². The highest BCUT2D eigenvalue weighted by Gasteiger charge is 2.33. The molecule has 3 atom stereocenters. The van der Waals surface area contributed by atoms with Crippen molar-refractivity contribution >= 4 is 39.2 Å². The number of hydrogen-bond acceptors (Lipinski definition) is 7. The van der Waals surface area contributed by atoms with Crippen LogP contribution >= 0.6 is 11.6 Å². The molecule has 0 saturated carbocycles. The van der Waals surface area contributed by atoms with E-state index in [4.69, 9.17) is 21.4 Å². The van der Waals surface area contributed by atoms with Crippen LogP contribution < -0.4 is 9.46 Å². The fourth-order valence-corrected chi connectivity index (χ4v) is 5.94. The molecule has 10 nitrogen and oxygen atoms in total. The Kier molecular flexibility index (Phi) is 9.78. The molecule has 0 radical (unpaired) electrons. The van der Waals surface area contributed by atoms with Gasteiger partial charge in [0.1, 0.15) is 11.9 Å². The van der Waals surface area contributed by atoms with E-state index in [-0.39, 0.29) is 46.2 Å². The maximum Gasteiger partial charge on any atom is 0.335 e. The molecular weight excluding hydrogens is 582 g/mol. The standard InChI is InChI=1S/C30H34ClN3O7S/c1-19-15-34(20(2)18-35)29(36)26-14-24(32-42(39,40)25-11-8-23(31)9-12-25)10-13-27(26)41-28(19)17-33(3)16-21-4-6-22(7-5-21)30(37)38/h4-14,19-20,28,32,35H,15-18H2,1-3H3,(H,37,38)/t19-,20-,28-/m0/s1. The molecule has 3 aromatic carbocycles. The van der Waals surface area contributed by atoms with Gasteiger partial charge in [-0.3, -0.25) is 14.4 Å². The Hall–Kier alpha value is -3.64. The van der Waals surface area contributed by atoms with Gasteiger partial charge in [-0.25, -0.2) is 13.2 Å². The van der Waals surface area contributed by atoms with Gasteiger partial charge in [-0.2, -0.15) is 0 Å². The Morgan fingerprint density at radius 2 is 1.81 bits per heavy atom. The van der Waals surface area contributed by atoms with Crippen molar-refractivity contribution in [1.29, 1.82) is 0 Å². The van der Waals surface area contributed by atoms with Crippen LogP contribution in [0.1, 0.15) is 40.1 Å². The second-order valence-electron chi connectivity index (χ2n) is 10.6. The number of nitrogens with one attached hydrogen (secondary N) is 1. The number of fused-ring (bicyclic) bond motifs is 1. The number of likely N-dealkylation sites (N-methyl/N-ethyl adjacent to an activating group) is 1. The van der Waals surface area contributed by atoms with E-state index in [1.165, 1.54) is 36.4 Å². The van der Waals surface area contributed by atoms with Gasteiger partial charge < -0.3 is 19.8 Å². The number of rotatable bonds is 10. The van der Waals surface area contributed by atoms with Gasteiger partial charge in [0, 0.05) is 36.3 Å². The number of hydrogen-bond donors (Lipinski definition) is 3. The van der Waals surface area contributed by atoms with Crippen LogP contribution in [0.15, 0.2) is 71.6 Å². The fourth-order valence-electron chi connectivity index (χ4n) is 4.77.